The molecule has 0 radical (unpaired) electrons. The highest BCUT2D eigenvalue weighted by Crippen LogP contribution is 2.27. The van der Waals surface area contributed by atoms with E-state index in [0.717, 1.165) is 10.2 Å². The van der Waals surface area contributed by atoms with Crippen LogP contribution in [0.25, 0.3) is 10.2 Å². The van der Waals surface area contributed by atoms with Crippen LogP contribution in [0, 0.1) is 0 Å². The molecule has 0 bridgehead atoms. The SMILES string of the molecule is CCS(=O)(=O)Nc1nc2ccc(N)cc2s1. The maximum absolute atomic E-state index is 11.3. The van der Waals surface area contributed by atoms with Gasteiger partial charge in [-0.25, -0.2) is 13.4 Å². The monoisotopic (exact) mass is 257 g/mol. The molecule has 2 rings (SSSR count). The number of fused-ring (bicyclic) bond motifs is 1. The second-order valence-electron chi connectivity index (χ2n) is 3.25. The van der Waals surface area contributed by atoms with E-state index in [-0.39, 0.29) is 5.75 Å². The van der Waals surface area contributed by atoms with Gasteiger partial charge in [0.1, 0.15) is 0 Å². The van der Waals surface area contributed by atoms with Crippen LogP contribution < -0.4 is 10.5 Å². The van der Waals surface area contributed by atoms with Gasteiger partial charge in [0, 0.05) is 5.69 Å². The van der Waals surface area contributed by atoms with Crippen LogP contribution in [-0.2, 0) is 10.0 Å². The molecule has 0 aliphatic rings. The molecule has 0 saturated carbocycles. The van der Waals surface area contributed by atoms with Crippen LogP contribution in [0.4, 0.5) is 10.8 Å². The minimum atomic E-state index is -3.26. The third-order valence-corrected chi connectivity index (χ3v) is 4.36. The third kappa shape index (κ3) is 2.25. The summed E-state index contributed by atoms with van der Waals surface area (Å²) in [4.78, 5) is 4.16. The number of rotatable bonds is 3. The molecule has 1 aromatic carbocycles. The lowest BCUT2D eigenvalue weighted by atomic mass is 10.3. The van der Waals surface area contributed by atoms with Crippen molar-refractivity contribution in [1.82, 2.24) is 4.98 Å². The first-order valence-electron chi connectivity index (χ1n) is 4.67. The molecule has 0 aliphatic carbocycles. The number of nitrogens with one attached hydrogen (secondary N) is 1. The van der Waals surface area contributed by atoms with E-state index in [9.17, 15) is 8.42 Å². The molecule has 5 nitrogen and oxygen atoms in total. The van der Waals surface area contributed by atoms with Gasteiger partial charge in [0.25, 0.3) is 0 Å². The predicted molar refractivity (Wildman–Crippen MR) is 67.1 cm³/mol. The molecule has 1 aromatic heterocycles. The first-order chi connectivity index (χ1) is 7.50. The summed E-state index contributed by atoms with van der Waals surface area (Å²) in [6, 6.07) is 5.28. The maximum atomic E-state index is 11.3. The summed E-state index contributed by atoms with van der Waals surface area (Å²) in [6.45, 7) is 1.58. The summed E-state index contributed by atoms with van der Waals surface area (Å²) < 4.78 is 26.0. The van der Waals surface area contributed by atoms with Gasteiger partial charge < -0.3 is 5.73 Å². The van der Waals surface area contributed by atoms with E-state index in [1.54, 1.807) is 25.1 Å². The van der Waals surface area contributed by atoms with Crippen molar-refractivity contribution in [2.45, 2.75) is 6.92 Å². The van der Waals surface area contributed by atoms with Crippen LogP contribution in [0.1, 0.15) is 6.92 Å². The largest absolute Gasteiger partial charge is 0.399 e. The standard InChI is InChI=1S/C9H11N3O2S2/c1-2-16(13,14)12-9-11-7-4-3-6(10)5-8(7)15-9/h3-5H,2,10H2,1H3,(H,11,12). The molecule has 0 aliphatic heterocycles. The second kappa shape index (κ2) is 3.91. The summed E-state index contributed by atoms with van der Waals surface area (Å²) in [5.41, 5.74) is 7.01. The van der Waals surface area contributed by atoms with Crippen molar-refractivity contribution in [2.24, 2.45) is 0 Å². The number of thiazole rings is 1. The number of aromatic nitrogens is 1. The number of benzene rings is 1. The molecule has 2 aromatic rings. The Morgan fingerprint density at radius 2 is 2.25 bits per heavy atom. The van der Waals surface area contributed by atoms with Crippen molar-refractivity contribution in [3.05, 3.63) is 18.2 Å². The number of nitrogens with zero attached hydrogens (tertiary/aromatic N) is 1. The fourth-order valence-electron chi connectivity index (χ4n) is 1.19. The molecule has 0 amide bonds. The molecule has 16 heavy (non-hydrogen) atoms. The molecular weight excluding hydrogens is 246 g/mol. The Kier molecular flexibility index (Phi) is 2.73. The molecule has 0 fully saturated rings. The third-order valence-electron chi connectivity index (χ3n) is 2.04. The van der Waals surface area contributed by atoms with Gasteiger partial charge in [-0.3, -0.25) is 4.72 Å². The fraction of sp³-hybridized carbons (Fsp3) is 0.222. The van der Waals surface area contributed by atoms with Gasteiger partial charge in [-0.15, -0.1) is 0 Å². The lowest BCUT2D eigenvalue weighted by molar-refractivity contribution is 0.602. The van der Waals surface area contributed by atoms with E-state index in [1.165, 1.54) is 11.3 Å². The summed E-state index contributed by atoms with van der Waals surface area (Å²) in [6.07, 6.45) is 0. The molecule has 0 atom stereocenters. The Balaban J connectivity index is 2.40. The van der Waals surface area contributed by atoms with Gasteiger partial charge in [-0.2, -0.15) is 0 Å². The maximum Gasteiger partial charge on any atom is 0.234 e. The van der Waals surface area contributed by atoms with Crippen LogP contribution in [0.2, 0.25) is 0 Å². The lowest BCUT2D eigenvalue weighted by Crippen LogP contribution is -2.14. The normalized spacial score (nSPS) is 11.8. The Labute approximate surface area is 97.4 Å². The van der Waals surface area contributed by atoms with Gasteiger partial charge in [0.05, 0.1) is 16.0 Å². The minimum absolute atomic E-state index is 0.0328. The average molecular weight is 257 g/mol. The van der Waals surface area contributed by atoms with E-state index in [2.05, 4.69) is 9.71 Å². The number of nitrogens with two attached hydrogens (primary N) is 1. The lowest BCUT2D eigenvalue weighted by Gasteiger charge is -1.99. The van der Waals surface area contributed by atoms with Crippen LogP contribution in [0.15, 0.2) is 18.2 Å². The highest BCUT2D eigenvalue weighted by molar-refractivity contribution is 7.92. The van der Waals surface area contributed by atoms with Crippen molar-refractivity contribution in [3.8, 4) is 0 Å². The molecule has 0 spiro atoms. The minimum Gasteiger partial charge on any atom is -0.399 e. The summed E-state index contributed by atoms with van der Waals surface area (Å²) in [5, 5.41) is 0.377. The van der Waals surface area contributed by atoms with Crippen molar-refractivity contribution >= 4 is 42.4 Å². The number of hydrogen-bond donors (Lipinski definition) is 2. The first-order valence-corrected chi connectivity index (χ1v) is 7.13. The van der Waals surface area contributed by atoms with Gasteiger partial charge in [-0.1, -0.05) is 11.3 Å². The van der Waals surface area contributed by atoms with E-state index < -0.39 is 10.0 Å². The van der Waals surface area contributed by atoms with E-state index >= 15 is 0 Å². The Bertz CT molecular complexity index is 619. The molecule has 0 saturated heterocycles. The zero-order valence-electron chi connectivity index (χ0n) is 8.60. The van der Waals surface area contributed by atoms with Gasteiger partial charge in [0.15, 0.2) is 5.13 Å². The molecule has 1 heterocycles. The van der Waals surface area contributed by atoms with E-state index in [4.69, 9.17) is 5.73 Å². The highest BCUT2D eigenvalue weighted by Gasteiger charge is 2.10. The number of anilines is 2. The van der Waals surface area contributed by atoms with Gasteiger partial charge in [-0.05, 0) is 25.1 Å². The average Bonchev–Trinajstić information content (AvgIpc) is 2.58. The Morgan fingerprint density at radius 1 is 1.50 bits per heavy atom. The van der Waals surface area contributed by atoms with Gasteiger partial charge >= 0.3 is 0 Å². The molecule has 3 N–H and O–H groups in total. The van der Waals surface area contributed by atoms with Crippen LogP contribution in [-0.4, -0.2) is 19.2 Å². The zero-order chi connectivity index (χ0) is 11.8. The van der Waals surface area contributed by atoms with Crippen molar-refractivity contribution in [1.29, 1.82) is 0 Å². The topological polar surface area (TPSA) is 85.1 Å². The summed E-state index contributed by atoms with van der Waals surface area (Å²) in [7, 11) is -3.26. The zero-order valence-corrected chi connectivity index (χ0v) is 10.2. The molecule has 0 unspecified atom stereocenters. The molecule has 7 heteroatoms. The van der Waals surface area contributed by atoms with E-state index in [1.807, 2.05) is 0 Å². The fourth-order valence-corrected chi connectivity index (χ4v) is 2.96. The number of sulfonamides is 1. The predicted octanol–water partition coefficient (Wildman–Crippen LogP) is 1.64. The van der Waals surface area contributed by atoms with Crippen LogP contribution in [0.5, 0.6) is 0 Å². The smallest absolute Gasteiger partial charge is 0.234 e. The quantitative estimate of drug-likeness (QED) is 0.818. The van der Waals surface area contributed by atoms with Crippen molar-refractivity contribution < 1.29 is 8.42 Å². The molecule has 86 valence electrons. The van der Waals surface area contributed by atoms with Gasteiger partial charge in [0.2, 0.25) is 10.0 Å². The number of nitrogen functional groups attached to an aromatic ring is 1. The Morgan fingerprint density at radius 3 is 2.94 bits per heavy atom. The summed E-state index contributed by atoms with van der Waals surface area (Å²) in [5.74, 6) is 0.0328. The molecular formula is C9H11N3O2S2. The second-order valence-corrected chi connectivity index (χ2v) is 6.29. The van der Waals surface area contributed by atoms with Crippen LogP contribution in [0.3, 0.4) is 0 Å². The Hall–Kier alpha value is -1.34. The van der Waals surface area contributed by atoms with E-state index in [0.29, 0.717) is 10.8 Å². The summed E-state index contributed by atoms with van der Waals surface area (Å²) >= 11 is 1.27. The number of hydrogen-bond acceptors (Lipinski definition) is 5. The van der Waals surface area contributed by atoms with Crippen LogP contribution >= 0.6 is 11.3 Å². The highest BCUT2D eigenvalue weighted by atomic mass is 32.2. The van der Waals surface area contributed by atoms with Crippen molar-refractivity contribution in [3.63, 3.8) is 0 Å². The van der Waals surface area contributed by atoms with Crippen molar-refractivity contribution in [2.75, 3.05) is 16.2 Å². The first kappa shape index (κ1) is 11.2.